The second-order valence-corrected chi connectivity index (χ2v) is 4.14. The van der Waals surface area contributed by atoms with Crippen LogP contribution < -0.4 is 4.74 Å². The van der Waals surface area contributed by atoms with E-state index in [9.17, 15) is 9.59 Å². The number of benzene rings is 1. The summed E-state index contributed by atoms with van der Waals surface area (Å²) in [4.78, 5) is 23.7. The first-order chi connectivity index (χ1) is 9.11. The lowest BCUT2D eigenvalue weighted by Crippen LogP contribution is -2.38. The zero-order valence-corrected chi connectivity index (χ0v) is 10.5. The summed E-state index contributed by atoms with van der Waals surface area (Å²) < 4.78 is 10.1. The Bertz CT molecular complexity index is 470. The van der Waals surface area contributed by atoms with Crippen LogP contribution in [0, 0.1) is 0 Å². The van der Waals surface area contributed by atoms with Gasteiger partial charge in [0, 0.05) is 0 Å². The molecule has 0 bridgehead atoms. The number of carboxylic acids is 1. The fraction of sp³-hybridized carbons (Fsp3) is 0.385. The average Bonchev–Trinajstić information content (AvgIpc) is 2.74. The quantitative estimate of drug-likeness (QED) is 0.872. The molecule has 102 valence electrons. The molecule has 6 heteroatoms. The number of aliphatic carboxylic acids is 1. The topological polar surface area (TPSA) is 76.1 Å². The van der Waals surface area contributed by atoms with Crippen molar-refractivity contribution in [3.8, 4) is 5.75 Å². The van der Waals surface area contributed by atoms with Crippen LogP contribution in [0.1, 0.15) is 12.5 Å². The third-order valence-corrected chi connectivity index (χ3v) is 2.85. The number of hydrogen-bond acceptors (Lipinski definition) is 4. The van der Waals surface area contributed by atoms with E-state index in [0.717, 1.165) is 11.3 Å². The molecule has 1 saturated heterocycles. The Morgan fingerprint density at radius 1 is 1.47 bits per heavy atom. The lowest BCUT2D eigenvalue weighted by atomic mass is 10.2. The first-order valence-electron chi connectivity index (χ1n) is 5.99. The van der Waals surface area contributed by atoms with Gasteiger partial charge < -0.3 is 14.6 Å². The van der Waals surface area contributed by atoms with E-state index < -0.39 is 18.1 Å². The molecule has 1 aromatic carbocycles. The molecule has 1 amide bonds. The zero-order valence-electron chi connectivity index (χ0n) is 10.5. The molecule has 0 aromatic heterocycles. The maximum atomic E-state index is 11.5. The molecule has 1 aromatic rings. The van der Waals surface area contributed by atoms with Crippen molar-refractivity contribution < 1.29 is 24.2 Å². The van der Waals surface area contributed by atoms with Gasteiger partial charge in [-0.25, -0.2) is 9.59 Å². The van der Waals surface area contributed by atoms with Crippen molar-refractivity contribution in [2.24, 2.45) is 0 Å². The van der Waals surface area contributed by atoms with Crippen molar-refractivity contribution in [2.45, 2.75) is 19.5 Å². The lowest BCUT2D eigenvalue weighted by Gasteiger charge is -2.18. The van der Waals surface area contributed by atoms with Gasteiger partial charge in [-0.15, -0.1) is 0 Å². The Morgan fingerprint density at radius 3 is 2.74 bits per heavy atom. The van der Waals surface area contributed by atoms with Gasteiger partial charge in [-0.05, 0) is 24.6 Å². The molecule has 0 saturated carbocycles. The normalized spacial score (nSPS) is 18.3. The Kier molecular flexibility index (Phi) is 3.89. The van der Waals surface area contributed by atoms with Gasteiger partial charge >= 0.3 is 12.1 Å². The zero-order chi connectivity index (χ0) is 13.8. The van der Waals surface area contributed by atoms with Gasteiger partial charge in [0.1, 0.15) is 12.4 Å². The summed E-state index contributed by atoms with van der Waals surface area (Å²) in [6, 6.07) is 6.26. The second kappa shape index (κ2) is 5.60. The maximum Gasteiger partial charge on any atom is 0.411 e. The molecule has 2 rings (SSSR count). The first-order valence-corrected chi connectivity index (χ1v) is 5.99. The van der Waals surface area contributed by atoms with Crippen molar-refractivity contribution in [3.63, 3.8) is 0 Å². The molecule has 0 radical (unpaired) electrons. The van der Waals surface area contributed by atoms with E-state index in [0.29, 0.717) is 6.61 Å². The summed E-state index contributed by atoms with van der Waals surface area (Å²) in [5.74, 6) is -0.318. The highest BCUT2D eigenvalue weighted by molar-refractivity contribution is 5.82. The number of ether oxygens (including phenoxy) is 2. The number of carboxylic acid groups (broad SMARTS) is 1. The number of nitrogens with zero attached hydrogens (tertiary/aromatic N) is 1. The Labute approximate surface area is 110 Å². The maximum absolute atomic E-state index is 11.5. The molecule has 1 atom stereocenters. The molecule has 1 aliphatic heterocycles. The van der Waals surface area contributed by atoms with Gasteiger partial charge in [-0.1, -0.05) is 12.1 Å². The van der Waals surface area contributed by atoms with Crippen molar-refractivity contribution in [2.75, 3.05) is 13.2 Å². The molecule has 1 unspecified atom stereocenters. The van der Waals surface area contributed by atoms with E-state index in [1.165, 1.54) is 4.90 Å². The molecule has 0 spiro atoms. The Hall–Kier alpha value is -2.24. The fourth-order valence-electron chi connectivity index (χ4n) is 1.88. The van der Waals surface area contributed by atoms with Crippen LogP contribution in [0.15, 0.2) is 24.3 Å². The highest BCUT2D eigenvalue weighted by Crippen LogP contribution is 2.19. The SMILES string of the molecule is CCOc1ccc(CN2C(=O)OCC2C(=O)O)cc1. The monoisotopic (exact) mass is 265 g/mol. The van der Waals surface area contributed by atoms with E-state index in [2.05, 4.69) is 0 Å². The predicted octanol–water partition coefficient (Wildman–Crippen LogP) is 1.49. The van der Waals surface area contributed by atoms with Gasteiger partial charge in [0.25, 0.3) is 0 Å². The highest BCUT2D eigenvalue weighted by atomic mass is 16.6. The number of amides is 1. The Morgan fingerprint density at radius 2 is 2.16 bits per heavy atom. The third kappa shape index (κ3) is 2.96. The van der Waals surface area contributed by atoms with E-state index in [1.54, 1.807) is 24.3 Å². The minimum atomic E-state index is -1.06. The fourth-order valence-corrected chi connectivity index (χ4v) is 1.88. The van der Waals surface area contributed by atoms with Gasteiger partial charge in [0.15, 0.2) is 6.04 Å². The van der Waals surface area contributed by atoms with E-state index in [-0.39, 0.29) is 13.2 Å². The number of carbonyl (C=O) groups excluding carboxylic acids is 1. The first kappa shape index (κ1) is 13.2. The molecule has 1 fully saturated rings. The molecular formula is C13H15NO5. The third-order valence-electron chi connectivity index (χ3n) is 2.85. The molecule has 0 aliphatic carbocycles. The van der Waals surface area contributed by atoms with Crippen LogP contribution in [0.25, 0.3) is 0 Å². The summed E-state index contributed by atoms with van der Waals surface area (Å²) in [6.45, 7) is 2.58. The van der Waals surface area contributed by atoms with E-state index in [1.807, 2.05) is 6.92 Å². The summed E-state index contributed by atoms with van der Waals surface area (Å²) in [7, 11) is 0. The van der Waals surface area contributed by atoms with Crippen LogP contribution in [-0.4, -0.2) is 41.3 Å². The number of carbonyl (C=O) groups is 2. The second-order valence-electron chi connectivity index (χ2n) is 4.14. The standard InChI is InChI=1S/C13H15NO5/c1-2-18-10-5-3-9(4-6-10)7-14-11(12(15)16)8-19-13(14)17/h3-6,11H,2,7-8H2,1H3,(H,15,16). The summed E-state index contributed by atoms with van der Waals surface area (Å²) >= 11 is 0. The number of cyclic esters (lactones) is 1. The van der Waals surface area contributed by atoms with Gasteiger partial charge in [0.2, 0.25) is 0 Å². The van der Waals surface area contributed by atoms with Crippen LogP contribution in [-0.2, 0) is 16.1 Å². The average molecular weight is 265 g/mol. The van der Waals surface area contributed by atoms with Gasteiger partial charge in [-0.2, -0.15) is 0 Å². The van der Waals surface area contributed by atoms with Crippen molar-refractivity contribution >= 4 is 12.1 Å². The molecule has 19 heavy (non-hydrogen) atoms. The van der Waals surface area contributed by atoms with Crippen LogP contribution >= 0.6 is 0 Å². The van der Waals surface area contributed by atoms with Gasteiger partial charge in [-0.3, -0.25) is 4.90 Å². The van der Waals surface area contributed by atoms with Crippen LogP contribution in [0.3, 0.4) is 0 Å². The molecule has 1 heterocycles. The molecule has 6 nitrogen and oxygen atoms in total. The predicted molar refractivity (Wildman–Crippen MR) is 65.9 cm³/mol. The largest absolute Gasteiger partial charge is 0.494 e. The molecule has 1 N–H and O–H groups in total. The highest BCUT2D eigenvalue weighted by Gasteiger charge is 2.37. The van der Waals surface area contributed by atoms with E-state index in [4.69, 9.17) is 14.6 Å². The molecule has 1 aliphatic rings. The minimum absolute atomic E-state index is 0.106. The Balaban J connectivity index is 2.06. The van der Waals surface area contributed by atoms with Crippen molar-refractivity contribution in [1.82, 2.24) is 4.90 Å². The smallest absolute Gasteiger partial charge is 0.411 e. The van der Waals surface area contributed by atoms with E-state index >= 15 is 0 Å². The van der Waals surface area contributed by atoms with Crippen LogP contribution in [0.2, 0.25) is 0 Å². The summed E-state index contributed by atoms with van der Waals surface area (Å²) in [6.07, 6.45) is -0.596. The van der Waals surface area contributed by atoms with Gasteiger partial charge in [0.05, 0.1) is 13.2 Å². The van der Waals surface area contributed by atoms with Crippen LogP contribution in [0.4, 0.5) is 4.79 Å². The number of rotatable bonds is 5. The van der Waals surface area contributed by atoms with Crippen molar-refractivity contribution in [1.29, 1.82) is 0 Å². The minimum Gasteiger partial charge on any atom is -0.494 e. The number of hydrogen-bond donors (Lipinski definition) is 1. The van der Waals surface area contributed by atoms with Crippen LogP contribution in [0.5, 0.6) is 5.75 Å². The summed E-state index contributed by atoms with van der Waals surface area (Å²) in [5.41, 5.74) is 0.827. The molecular weight excluding hydrogens is 250 g/mol. The van der Waals surface area contributed by atoms with Crippen molar-refractivity contribution in [3.05, 3.63) is 29.8 Å². The lowest BCUT2D eigenvalue weighted by molar-refractivity contribution is -0.141. The summed E-state index contributed by atoms with van der Waals surface area (Å²) in [5, 5.41) is 9.00.